The minimum Gasteiger partial charge on any atom is -0.280 e. The molecule has 0 unspecified atom stereocenters. The van der Waals surface area contributed by atoms with Crippen LogP contribution in [0.3, 0.4) is 0 Å². The number of aryl methyl sites for hydroxylation is 2. The van der Waals surface area contributed by atoms with Crippen molar-refractivity contribution in [2.75, 3.05) is 4.72 Å². The molecule has 21 heavy (non-hydrogen) atoms. The molecule has 0 aromatic heterocycles. The number of rotatable bonds is 3. The summed E-state index contributed by atoms with van der Waals surface area (Å²) in [5.41, 5.74) is 1.16. The van der Waals surface area contributed by atoms with Crippen molar-refractivity contribution in [3.05, 3.63) is 58.9 Å². The van der Waals surface area contributed by atoms with Crippen LogP contribution in [-0.2, 0) is 10.0 Å². The molecule has 0 bridgehead atoms. The molecular weight excluding hydrogens is 291 g/mol. The number of halogens is 1. The molecule has 6 heteroatoms. The van der Waals surface area contributed by atoms with Gasteiger partial charge in [-0.05, 0) is 55.3 Å². The van der Waals surface area contributed by atoms with Crippen LogP contribution in [0.15, 0.2) is 41.3 Å². The second-order valence-corrected chi connectivity index (χ2v) is 6.35. The molecular formula is C15H13FN2O2S. The molecule has 0 radical (unpaired) electrons. The molecule has 0 saturated heterocycles. The van der Waals surface area contributed by atoms with E-state index in [0.29, 0.717) is 5.56 Å². The summed E-state index contributed by atoms with van der Waals surface area (Å²) in [5, 5.41) is 8.81. The summed E-state index contributed by atoms with van der Waals surface area (Å²) in [6.07, 6.45) is 0. The number of nitrogens with zero attached hydrogens (tertiary/aromatic N) is 1. The van der Waals surface area contributed by atoms with Gasteiger partial charge in [-0.3, -0.25) is 4.72 Å². The topological polar surface area (TPSA) is 70.0 Å². The van der Waals surface area contributed by atoms with Crippen LogP contribution in [0.2, 0.25) is 0 Å². The van der Waals surface area contributed by atoms with Crippen LogP contribution < -0.4 is 4.72 Å². The predicted octanol–water partition coefficient (Wildman–Crippen LogP) is 3.12. The minimum absolute atomic E-state index is 0.0127. The molecule has 2 rings (SSSR count). The Morgan fingerprint density at radius 2 is 1.76 bits per heavy atom. The molecule has 0 atom stereocenters. The molecule has 0 amide bonds. The van der Waals surface area contributed by atoms with Gasteiger partial charge in [-0.2, -0.15) is 5.26 Å². The van der Waals surface area contributed by atoms with Crippen LogP contribution in [0.5, 0.6) is 0 Å². The van der Waals surface area contributed by atoms with E-state index < -0.39 is 15.8 Å². The van der Waals surface area contributed by atoms with Gasteiger partial charge in [-0.15, -0.1) is 0 Å². The van der Waals surface area contributed by atoms with Gasteiger partial charge in [0.05, 0.1) is 22.2 Å². The first-order valence-corrected chi connectivity index (χ1v) is 7.61. The van der Waals surface area contributed by atoms with E-state index >= 15 is 0 Å². The van der Waals surface area contributed by atoms with Crippen molar-refractivity contribution in [3.8, 4) is 6.07 Å². The normalized spacial score (nSPS) is 11.0. The van der Waals surface area contributed by atoms with Gasteiger partial charge in [0.25, 0.3) is 10.0 Å². The van der Waals surface area contributed by atoms with Crippen molar-refractivity contribution in [3.63, 3.8) is 0 Å². The first-order chi connectivity index (χ1) is 9.83. The van der Waals surface area contributed by atoms with Crippen LogP contribution in [0, 0.1) is 31.0 Å². The SMILES string of the molecule is Cc1cc(S(=O)(=O)Nc2cccc(C#N)c2)cc(C)c1F. The van der Waals surface area contributed by atoms with Crippen molar-refractivity contribution < 1.29 is 12.8 Å². The highest BCUT2D eigenvalue weighted by Crippen LogP contribution is 2.21. The first kappa shape index (κ1) is 15.0. The van der Waals surface area contributed by atoms with E-state index in [4.69, 9.17) is 5.26 Å². The smallest absolute Gasteiger partial charge is 0.261 e. The zero-order chi connectivity index (χ0) is 15.6. The van der Waals surface area contributed by atoms with E-state index in [9.17, 15) is 12.8 Å². The lowest BCUT2D eigenvalue weighted by Crippen LogP contribution is -2.14. The Hall–Kier alpha value is -2.39. The van der Waals surface area contributed by atoms with Gasteiger partial charge in [-0.25, -0.2) is 12.8 Å². The third-order valence-electron chi connectivity index (χ3n) is 2.96. The number of anilines is 1. The molecule has 108 valence electrons. The van der Waals surface area contributed by atoms with E-state index in [1.165, 1.54) is 32.0 Å². The Labute approximate surface area is 122 Å². The van der Waals surface area contributed by atoms with Gasteiger partial charge < -0.3 is 0 Å². The highest BCUT2D eigenvalue weighted by atomic mass is 32.2. The van der Waals surface area contributed by atoms with E-state index in [2.05, 4.69) is 4.72 Å². The maximum Gasteiger partial charge on any atom is 0.261 e. The first-order valence-electron chi connectivity index (χ1n) is 6.13. The Balaban J connectivity index is 2.41. The molecule has 0 spiro atoms. The average Bonchev–Trinajstić information content (AvgIpc) is 2.44. The summed E-state index contributed by atoms with van der Waals surface area (Å²) < 4.78 is 40.6. The molecule has 2 aromatic rings. The van der Waals surface area contributed by atoms with E-state index in [1.807, 2.05) is 6.07 Å². The molecule has 0 aliphatic heterocycles. The maximum absolute atomic E-state index is 13.6. The lowest BCUT2D eigenvalue weighted by molar-refractivity contribution is 0.595. The number of nitriles is 1. The van der Waals surface area contributed by atoms with Gasteiger partial charge in [0.1, 0.15) is 5.82 Å². The zero-order valence-corrected chi connectivity index (χ0v) is 12.3. The predicted molar refractivity (Wildman–Crippen MR) is 77.8 cm³/mol. The number of benzene rings is 2. The van der Waals surface area contributed by atoms with Gasteiger partial charge in [0.2, 0.25) is 0 Å². The largest absolute Gasteiger partial charge is 0.280 e. The van der Waals surface area contributed by atoms with Crippen LogP contribution in [0.1, 0.15) is 16.7 Å². The minimum atomic E-state index is -3.83. The van der Waals surface area contributed by atoms with Gasteiger partial charge >= 0.3 is 0 Å². The summed E-state index contributed by atoms with van der Waals surface area (Å²) in [4.78, 5) is -0.0127. The summed E-state index contributed by atoms with van der Waals surface area (Å²) in [7, 11) is -3.83. The van der Waals surface area contributed by atoms with E-state index in [-0.39, 0.29) is 21.7 Å². The Morgan fingerprint density at radius 3 is 2.33 bits per heavy atom. The number of hydrogen-bond acceptors (Lipinski definition) is 3. The van der Waals surface area contributed by atoms with Crippen LogP contribution in [-0.4, -0.2) is 8.42 Å². The summed E-state index contributed by atoms with van der Waals surface area (Å²) in [6, 6.07) is 10.6. The highest BCUT2D eigenvalue weighted by molar-refractivity contribution is 7.92. The fourth-order valence-electron chi connectivity index (χ4n) is 1.93. The fourth-order valence-corrected chi connectivity index (χ4v) is 3.15. The average molecular weight is 304 g/mol. The summed E-state index contributed by atoms with van der Waals surface area (Å²) in [6.45, 7) is 3.02. The zero-order valence-electron chi connectivity index (χ0n) is 11.5. The molecule has 1 N–H and O–H groups in total. The van der Waals surface area contributed by atoms with Crippen LogP contribution in [0.4, 0.5) is 10.1 Å². The molecule has 0 heterocycles. The number of sulfonamides is 1. The third-order valence-corrected chi connectivity index (χ3v) is 4.32. The number of hydrogen-bond donors (Lipinski definition) is 1. The van der Waals surface area contributed by atoms with Crippen molar-refractivity contribution in [2.45, 2.75) is 18.7 Å². The highest BCUT2D eigenvalue weighted by Gasteiger charge is 2.17. The van der Waals surface area contributed by atoms with E-state index in [0.717, 1.165) is 0 Å². The third kappa shape index (κ3) is 3.20. The van der Waals surface area contributed by atoms with Crippen molar-refractivity contribution in [1.82, 2.24) is 0 Å². The molecule has 2 aromatic carbocycles. The maximum atomic E-state index is 13.6. The van der Waals surface area contributed by atoms with Crippen molar-refractivity contribution >= 4 is 15.7 Å². The molecule has 0 fully saturated rings. The second-order valence-electron chi connectivity index (χ2n) is 4.67. The molecule has 0 aliphatic carbocycles. The molecule has 0 aliphatic rings. The fraction of sp³-hybridized carbons (Fsp3) is 0.133. The summed E-state index contributed by atoms with van der Waals surface area (Å²) in [5.74, 6) is -0.416. The Morgan fingerprint density at radius 1 is 1.14 bits per heavy atom. The molecule has 0 saturated carbocycles. The van der Waals surface area contributed by atoms with Gasteiger partial charge in [0, 0.05) is 0 Å². The lowest BCUT2D eigenvalue weighted by Gasteiger charge is -2.10. The lowest BCUT2D eigenvalue weighted by atomic mass is 10.1. The standard InChI is InChI=1S/C15H13FN2O2S/c1-10-6-14(7-11(2)15(10)16)21(19,20)18-13-5-3-4-12(8-13)9-17/h3-8,18H,1-2H3. The van der Waals surface area contributed by atoms with Crippen LogP contribution >= 0.6 is 0 Å². The van der Waals surface area contributed by atoms with Crippen molar-refractivity contribution in [2.24, 2.45) is 0 Å². The van der Waals surface area contributed by atoms with E-state index in [1.54, 1.807) is 18.2 Å². The number of nitrogens with one attached hydrogen (secondary N) is 1. The van der Waals surface area contributed by atoms with Crippen molar-refractivity contribution in [1.29, 1.82) is 5.26 Å². The second kappa shape index (κ2) is 5.54. The Kier molecular flexibility index (Phi) is 3.96. The molecule has 4 nitrogen and oxygen atoms in total. The van der Waals surface area contributed by atoms with Gasteiger partial charge in [-0.1, -0.05) is 6.07 Å². The summed E-state index contributed by atoms with van der Waals surface area (Å²) >= 11 is 0. The van der Waals surface area contributed by atoms with Crippen LogP contribution in [0.25, 0.3) is 0 Å². The monoisotopic (exact) mass is 304 g/mol. The van der Waals surface area contributed by atoms with Gasteiger partial charge in [0.15, 0.2) is 0 Å². The quantitative estimate of drug-likeness (QED) is 0.947. The Bertz CT molecular complexity index is 816.